The number of benzene rings is 3. The smallest absolute Gasteiger partial charge is 0.269 e. The Balaban J connectivity index is 1.46. The number of aromatic nitrogens is 3. The third kappa shape index (κ3) is 5.11. The molecule has 13 heteroatoms. The van der Waals surface area contributed by atoms with Crippen molar-refractivity contribution in [2.45, 2.75) is 24.9 Å². The molecule has 0 bridgehead atoms. The van der Waals surface area contributed by atoms with Crippen LogP contribution in [0.1, 0.15) is 34.0 Å². The molecule has 1 aliphatic heterocycles. The highest BCUT2D eigenvalue weighted by molar-refractivity contribution is 7.91. The number of halogens is 2. The topological polar surface area (TPSA) is 135 Å². The average Bonchev–Trinajstić information content (AvgIpc) is 3.31. The molecule has 2 N–H and O–H groups in total. The molecular formula is C31H24F2N6O4S. The minimum atomic E-state index is -3.70. The van der Waals surface area contributed by atoms with Crippen LogP contribution >= 0.6 is 0 Å². The molecule has 5 aromatic rings. The van der Waals surface area contributed by atoms with Gasteiger partial charge < -0.3 is 10.6 Å². The molecule has 0 saturated heterocycles. The summed E-state index contributed by atoms with van der Waals surface area (Å²) in [5, 5.41) is 9.49. The van der Waals surface area contributed by atoms with Gasteiger partial charge in [0, 0.05) is 29.1 Å². The lowest BCUT2D eigenvalue weighted by atomic mass is 10.0. The fourth-order valence-corrected chi connectivity index (χ4v) is 5.78. The first-order valence-corrected chi connectivity index (χ1v) is 15.1. The fraction of sp³-hybridized carbons (Fsp3) is 0.129. The van der Waals surface area contributed by atoms with Crippen LogP contribution in [0.4, 0.5) is 14.5 Å². The summed E-state index contributed by atoms with van der Waals surface area (Å²) in [6.45, 7) is 3.20. The quantitative estimate of drug-likeness (QED) is 0.293. The third-order valence-electron chi connectivity index (χ3n) is 7.10. The number of sulfone groups is 1. The van der Waals surface area contributed by atoms with Gasteiger partial charge >= 0.3 is 0 Å². The molecule has 0 saturated carbocycles. The maximum Gasteiger partial charge on any atom is 0.269 e. The van der Waals surface area contributed by atoms with Gasteiger partial charge in [0.15, 0.2) is 15.5 Å². The lowest BCUT2D eigenvalue weighted by Crippen LogP contribution is -2.42. The van der Waals surface area contributed by atoms with E-state index in [4.69, 9.17) is 0 Å². The van der Waals surface area contributed by atoms with Crippen molar-refractivity contribution in [1.82, 2.24) is 19.9 Å². The lowest BCUT2D eigenvalue weighted by Gasteiger charge is -2.14. The maximum absolute atomic E-state index is 15.5. The lowest BCUT2D eigenvalue weighted by molar-refractivity contribution is -0.117. The van der Waals surface area contributed by atoms with Gasteiger partial charge in [-0.05, 0) is 36.8 Å². The number of para-hydroxylation sites is 1. The second kappa shape index (κ2) is 11.1. The van der Waals surface area contributed by atoms with E-state index in [1.54, 1.807) is 49.5 Å². The van der Waals surface area contributed by atoms with E-state index in [1.165, 1.54) is 41.9 Å². The van der Waals surface area contributed by atoms with Crippen molar-refractivity contribution in [3.05, 3.63) is 113 Å². The van der Waals surface area contributed by atoms with Crippen LogP contribution in [0.3, 0.4) is 0 Å². The molecule has 3 heterocycles. The Hall–Kier alpha value is -5.30. The van der Waals surface area contributed by atoms with Crippen LogP contribution in [0.2, 0.25) is 0 Å². The van der Waals surface area contributed by atoms with E-state index in [0.717, 1.165) is 6.07 Å². The average molecular weight is 615 g/mol. The number of benzodiazepines with no additional fused rings is 1. The highest BCUT2D eigenvalue weighted by Gasteiger charge is 2.32. The Bertz CT molecular complexity index is 2110. The minimum absolute atomic E-state index is 0.0587. The summed E-state index contributed by atoms with van der Waals surface area (Å²) in [4.78, 5) is 35.9. The van der Waals surface area contributed by atoms with Crippen LogP contribution in [0, 0.1) is 18.6 Å². The summed E-state index contributed by atoms with van der Waals surface area (Å²) >= 11 is 0. The Morgan fingerprint density at radius 2 is 1.80 bits per heavy atom. The van der Waals surface area contributed by atoms with Gasteiger partial charge in [0.2, 0.25) is 6.17 Å². The number of aliphatic imine (C=N–C) groups is 1. The number of rotatable bonds is 6. The molecule has 1 aliphatic rings. The Labute approximate surface area is 250 Å². The molecule has 0 aliphatic carbocycles. The van der Waals surface area contributed by atoms with Crippen LogP contribution in [-0.2, 0) is 14.6 Å². The van der Waals surface area contributed by atoms with Gasteiger partial charge in [0.25, 0.3) is 11.8 Å². The predicted molar refractivity (Wildman–Crippen MR) is 159 cm³/mol. The van der Waals surface area contributed by atoms with E-state index >= 15 is 4.39 Å². The predicted octanol–water partition coefficient (Wildman–Crippen LogP) is 4.32. The summed E-state index contributed by atoms with van der Waals surface area (Å²) < 4.78 is 56.3. The number of aryl methyl sites for hydroxylation is 1. The van der Waals surface area contributed by atoms with E-state index < -0.39 is 39.5 Å². The number of carbonyl (C=O) groups excluding carboxylic acids is 2. The van der Waals surface area contributed by atoms with Gasteiger partial charge in [-0.25, -0.2) is 31.7 Å². The first kappa shape index (κ1) is 28.8. The van der Waals surface area contributed by atoms with Crippen molar-refractivity contribution in [2.75, 3.05) is 11.1 Å². The number of hydrogen-bond donors (Lipinski definition) is 2. The van der Waals surface area contributed by atoms with Crippen molar-refractivity contribution in [3.63, 3.8) is 0 Å². The van der Waals surface area contributed by atoms with Crippen LogP contribution in [0.5, 0.6) is 0 Å². The van der Waals surface area contributed by atoms with E-state index in [-0.39, 0.29) is 44.5 Å². The van der Waals surface area contributed by atoms with Crippen molar-refractivity contribution in [1.29, 1.82) is 0 Å². The maximum atomic E-state index is 15.5. The molecule has 0 radical (unpaired) electrons. The highest BCUT2D eigenvalue weighted by atomic mass is 32.2. The van der Waals surface area contributed by atoms with Crippen LogP contribution in [-0.4, -0.2) is 52.5 Å². The number of fused-ring (bicyclic) bond motifs is 2. The summed E-state index contributed by atoms with van der Waals surface area (Å²) in [5.74, 6) is -3.49. The molecule has 1 atom stereocenters. The van der Waals surface area contributed by atoms with Crippen LogP contribution in [0.15, 0.2) is 89.0 Å². The van der Waals surface area contributed by atoms with Crippen molar-refractivity contribution in [2.24, 2.45) is 4.99 Å². The number of nitrogens with one attached hydrogen (secondary N) is 2. The van der Waals surface area contributed by atoms with Gasteiger partial charge in [-0.1, -0.05) is 49.4 Å². The third-order valence-corrected chi connectivity index (χ3v) is 8.83. The van der Waals surface area contributed by atoms with Crippen LogP contribution in [0.25, 0.3) is 16.9 Å². The SMILES string of the molecule is CCS(=O)(=O)c1ccc(-c2nn3cc(C)cnc3c2C(=O)N[C@@H]2N=C(c3ccccc3)c3cccc(F)c3NC2=O)c(F)c1. The highest BCUT2D eigenvalue weighted by Crippen LogP contribution is 2.31. The largest absolute Gasteiger partial charge is 0.322 e. The molecule has 3 aromatic carbocycles. The molecular weight excluding hydrogens is 590 g/mol. The van der Waals surface area contributed by atoms with Crippen LogP contribution < -0.4 is 10.6 Å². The van der Waals surface area contributed by atoms with E-state index in [1.807, 2.05) is 0 Å². The summed E-state index contributed by atoms with van der Waals surface area (Å²) in [7, 11) is -3.70. The Kier molecular flexibility index (Phi) is 7.25. The zero-order chi connectivity index (χ0) is 31.2. The molecule has 2 amide bonds. The van der Waals surface area contributed by atoms with Gasteiger partial charge in [-0.3, -0.25) is 9.59 Å². The standard InChI is InChI=1S/C31H24F2N6O4S/c1-3-44(42,43)19-12-13-20(23(33)14-19)27-24(29-34-15-17(2)16-39(29)38-27)30(40)37-28-31(41)36-26-21(10-7-11-22(26)32)25(35-28)18-8-5-4-6-9-18/h4-16,28H,3H2,1-2H3,(H,36,41)(H,37,40)/t28-/m0/s1. The van der Waals surface area contributed by atoms with Gasteiger partial charge in [0.05, 0.1) is 22.0 Å². The number of carbonyl (C=O) groups is 2. The molecule has 44 heavy (non-hydrogen) atoms. The first-order chi connectivity index (χ1) is 21.1. The molecule has 10 nitrogen and oxygen atoms in total. The number of amides is 2. The summed E-state index contributed by atoms with van der Waals surface area (Å²) in [6.07, 6.45) is 1.55. The molecule has 0 unspecified atom stereocenters. The second-order valence-corrected chi connectivity index (χ2v) is 12.3. The zero-order valence-corrected chi connectivity index (χ0v) is 24.2. The minimum Gasteiger partial charge on any atom is -0.322 e. The Morgan fingerprint density at radius 3 is 2.52 bits per heavy atom. The molecule has 0 spiro atoms. The Morgan fingerprint density at radius 1 is 1.02 bits per heavy atom. The fourth-order valence-electron chi connectivity index (χ4n) is 4.89. The number of hydrogen-bond acceptors (Lipinski definition) is 7. The van der Waals surface area contributed by atoms with E-state index in [9.17, 15) is 22.4 Å². The molecule has 2 aromatic heterocycles. The molecule has 6 rings (SSSR count). The van der Waals surface area contributed by atoms with Gasteiger partial charge in [0.1, 0.15) is 22.9 Å². The number of nitrogens with zero attached hydrogens (tertiary/aromatic N) is 4. The molecule has 222 valence electrons. The molecule has 0 fully saturated rings. The second-order valence-electron chi connectivity index (χ2n) is 10.0. The van der Waals surface area contributed by atoms with E-state index in [2.05, 4.69) is 25.7 Å². The van der Waals surface area contributed by atoms with Gasteiger partial charge in [-0.2, -0.15) is 5.10 Å². The van der Waals surface area contributed by atoms with Crippen molar-refractivity contribution in [3.8, 4) is 11.3 Å². The normalized spacial score (nSPS) is 14.9. The summed E-state index contributed by atoms with van der Waals surface area (Å²) in [5.41, 5.74) is 1.37. The van der Waals surface area contributed by atoms with Crippen molar-refractivity contribution >= 4 is 38.7 Å². The van der Waals surface area contributed by atoms with Gasteiger partial charge in [-0.15, -0.1) is 0 Å². The summed E-state index contributed by atoms with van der Waals surface area (Å²) in [6, 6.07) is 16.4. The number of anilines is 1. The van der Waals surface area contributed by atoms with Crippen molar-refractivity contribution < 1.29 is 26.8 Å². The van der Waals surface area contributed by atoms with E-state index in [0.29, 0.717) is 16.7 Å². The monoisotopic (exact) mass is 614 g/mol. The first-order valence-electron chi connectivity index (χ1n) is 13.5. The zero-order valence-electron chi connectivity index (χ0n) is 23.4.